The van der Waals surface area contributed by atoms with E-state index in [1.54, 1.807) is 0 Å². The predicted octanol–water partition coefficient (Wildman–Crippen LogP) is 1.29. The van der Waals surface area contributed by atoms with Crippen molar-refractivity contribution in [1.82, 2.24) is 0 Å². The molecule has 0 radical (unpaired) electrons. The molecule has 21 heavy (non-hydrogen) atoms. The summed E-state index contributed by atoms with van der Waals surface area (Å²) in [6.45, 7) is 12.2. The van der Waals surface area contributed by atoms with Crippen LogP contribution in [-0.4, -0.2) is 61.5 Å². The average Bonchev–Trinajstić information content (AvgIpc) is 2.44. The standard InChI is InChI=1S/C14H27NO5S/c1-5-14(16)20-11-8-10-15(6-2,7-3)13(4)9-12-21(17,18)19/h5,13H,1,6-12H2,2-4H3. The van der Waals surface area contributed by atoms with Crippen molar-refractivity contribution in [2.75, 3.05) is 32.0 Å². The molecule has 1 atom stereocenters. The van der Waals surface area contributed by atoms with Crippen LogP contribution in [0.5, 0.6) is 0 Å². The molecular weight excluding hydrogens is 294 g/mol. The molecule has 0 aromatic rings. The first-order chi connectivity index (χ1) is 9.70. The SMILES string of the molecule is C=CC(=O)OCCC[N+](CC)(CC)C(C)CCS(=O)(=O)[O-]. The van der Waals surface area contributed by atoms with Gasteiger partial charge in [-0.1, -0.05) is 6.58 Å². The minimum atomic E-state index is -4.18. The highest BCUT2D eigenvalue weighted by atomic mass is 32.2. The first-order valence-electron chi connectivity index (χ1n) is 7.29. The molecule has 0 aliphatic heterocycles. The fraction of sp³-hybridized carbons (Fsp3) is 0.786. The summed E-state index contributed by atoms with van der Waals surface area (Å²) >= 11 is 0. The minimum Gasteiger partial charge on any atom is -0.748 e. The van der Waals surface area contributed by atoms with Crippen molar-refractivity contribution < 1.29 is 27.0 Å². The Morgan fingerprint density at radius 3 is 2.38 bits per heavy atom. The quantitative estimate of drug-likeness (QED) is 0.188. The van der Waals surface area contributed by atoms with Crippen LogP contribution in [0.1, 0.15) is 33.6 Å². The van der Waals surface area contributed by atoms with E-state index in [4.69, 9.17) is 4.74 Å². The van der Waals surface area contributed by atoms with Crippen molar-refractivity contribution in [3.63, 3.8) is 0 Å². The largest absolute Gasteiger partial charge is 0.748 e. The molecule has 0 spiro atoms. The number of nitrogens with zero attached hydrogens (tertiary/aromatic N) is 1. The Labute approximate surface area is 128 Å². The van der Waals surface area contributed by atoms with E-state index in [-0.39, 0.29) is 11.8 Å². The number of ether oxygens (including phenoxy) is 1. The number of carbonyl (C=O) groups is 1. The zero-order valence-electron chi connectivity index (χ0n) is 13.2. The van der Waals surface area contributed by atoms with E-state index in [0.29, 0.717) is 23.9 Å². The van der Waals surface area contributed by atoms with Crippen LogP contribution < -0.4 is 0 Å². The van der Waals surface area contributed by atoms with Crippen molar-refractivity contribution in [2.45, 2.75) is 39.7 Å². The van der Waals surface area contributed by atoms with Crippen molar-refractivity contribution in [3.05, 3.63) is 12.7 Å². The molecule has 0 rings (SSSR count). The maximum Gasteiger partial charge on any atom is 0.330 e. The number of quaternary nitrogens is 1. The fourth-order valence-electron chi connectivity index (χ4n) is 2.58. The molecule has 6 nitrogen and oxygen atoms in total. The van der Waals surface area contributed by atoms with Crippen LogP contribution in [0, 0.1) is 0 Å². The molecule has 0 aliphatic carbocycles. The van der Waals surface area contributed by atoms with Gasteiger partial charge in [-0.3, -0.25) is 0 Å². The Kier molecular flexibility index (Phi) is 8.77. The molecule has 0 saturated heterocycles. The molecule has 0 fully saturated rings. The Morgan fingerprint density at radius 1 is 1.38 bits per heavy atom. The lowest BCUT2D eigenvalue weighted by atomic mass is 10.1. The van der Waals surface area contributed by atoms with Gasteiger partial charge in [0.25, 0.3) is 0 Å². The molecule has 0 heterocycles. The smallest absolute Gasteiger partial charge is 0.330 e. The second-order valence-electron chi connectivity index (χ2n) is 5.20. The van der Waals surface area contributed by atoms with Gasteiger partial charge in [0, 0.05) is 24.7 Å². The molecular formula is C14H27NO5S. The van der Waals surface area contributed by atoms with Gasteiger partial charge in [-0.2, -0.15) is 0 Å². The van der Waals surface area contributed by atoms with Crippen LogP contribution in [-0.2, 0) is 19.6 Å². The van der Waals surface area contributed by atoms with Gasteiger partial charge in [0.05, 0.1) is 42.4 Å². The third-order valence-corrected chi connectivity index (χ3v) is 4.87. The van der Waals surface area contributed by atoms with Crippen LogP contribution >= 0.6 is 0 Å². The minimum absolute atomic E-state index is 0.0684. The fourth-order valence-corrected chi connectivity index (χ4v) is 3.21. The van der Waals surface area contributed by atoms with Crippen molar-refractivity contribution in [3.8, 4) is 0 Å². The van der Waals surface area contributed by atoms with E-state index in [9.17, 15) is 17.8 Å². The molecule has 0 saturated carbocycles. The first kappa shape index (κ1) is 20.1. The van der Waals surface area contributed by atoms with Gasteiger partial charge in [-0.15, -0.1) is 0 Å². The monoisotopic (exact) mass is 321 g/mol. The molecule has 0 aromatic carbocycles. The Morgan fingerprint density at radius 2 is 1.95 bits per heavy atom. The van der Waals surface area contributed by atoms with E-state index < -0.39 is 16.1 Å². The highest BCUT2D eigenvalue weighted by molar-refractivity contribution is 7.85. The van der Waals surface area contributed by atoms with Crippen molar-refractivity contribution >= 4 is 16.1 Å². The van der Waals surface area contributed by atoms with Crippen molar-refractivity contribution in [1.29, 1.82) is 0 Å². The van der Waals surface area contributed by atoms with Crippen LogP contribution in [0.4, 0.5) is 0 Å². The number of hydrogen-bond acceptors (Lipinski definition) is 5. The van der Waals surface area contributed by atoms with E-state index >= 15 is 0 Å². The summed E-state index contributed by atoms with van der Waals surface area (Å²) in [4.78, 5) is 11.0. The summed E-state index contributed by atoms with van der Waals surface area (Å²) in [5.41, 5.74) is 0. The molecule has 0 aliphatic rings. The molecule has 0 aromatic heterocycles. The normalized spacial score (nSPS) is 13.7. The van der Waals surface area contributed by atoms with Gasteiger partial charge in [-0.05, 0) is 20.8 Å². The zero-order valence-corrected chi connectivity index (χ0v) is 14.0. The van der Waals surface area contributed by atoms with Crippen LogP contribution in [0.15, 0.2) is 12.7 Å². The Bertz CT molecular complexity index is 429. The van der Waals surface area contributed by atoms with Gasteiger partial charge < -0.3 is 13.8 Å². The lowest BCUT2D eigenvalue weighted by molar-refractivity contribution is -0.946. The van der Waals surface area contributed by atoms with E-state index in [1.807, 2.05) is 20.8 Å². The Balaban J connectivity index is 4.52. The van der Waals surface area contributed by atoms with E-state index in [0.717, 1.165) is 25.7 Å². The van der Waals surface area contributed by atoms with Crippen LogP contribution in [0.3, 0.4) is 0 Å². The van der Waals surface area contributed by atoms with Gasteiger partial charge in [0.1, 0.15) is 0 Å². The summed E-state index contributed by atoms with van der Waals surface area (Å²) in [7, 11) is -4.18. The topological polar surface area (TPSA) is 83.5 Å². The third-order valence-electron chi connectivity index (χ3n) is 4.14. The zero-order chi connectivity index (χ0) is 16.5. The van der Waals surface area contributed by atoms with E-state index in [2.05, 4.69) is 6.58 Å². The second-order valence-corrected chi connectivity index (χ2v) is 6.72. The van der Waals surface area contributed by atoms with Crippen LogP contribution in [0.2, 0.25) is 0 Å². The molecule has 124 valence electrons. The maximum absolute atomic E-state index is 11.0. The van der Waals surface area contributed by atoms with Gasteiger partial charge >= 0.3 is 5.97 Å². The molecule has 1 unspecified atom stereocenters. The lowest BCUT2D eigenvalue weighted by Crippen LogP contribution is -2.55. The lowest BCUT2D eigenvalue weighted by Gasteiger charge is -2.42. The van der Waals surface area contributed by atoms with Gasteiger partial charge in [-0.25, -0.2) is 13.2 Å². The molecule has 7 heteroatoms. The number of esters is 1. The Hall–Kier alpha value is -0.920. The summed E-state index contributed by atoms with van der Waals surface area (Å²) in [5.74, 6) is -0.772. The summed E-state index contributed by atoms with van der Waals surface area (Å²) in [6, 6.07) is 0.0684. The van der Waals surface area contributed by atoms with Gasteiger partial charge in [0.2, 0.25) is 0 Å². The predicted molar refractivity (Wildman–Crippen MR) is 80.6 cm³/mol. The number of carbonyl (C=O) groups excluding carboxylic acids is 1. The molecule has 0 bridgehead atoms. The maximum atomic E-state index is 11.0. The van der Waals surface area contributed by atoms with Crippen molar-refractivity contribution in [2.24, 2.45) is 0 Å². The highest BCUT2D eigenvalue weighted by Crippen LogP contribution is 2.18. The van der Waals surface area contributed by atoms with Crippen LogP contribution in [0.25, 0.3) is 0 Å². The second kappa shape index (κ2) is 9.17. The average molecular weight is 321 g/mol. The summed E-state index contributed by atoms with van der Waals surface area (Å²) in [6.07, 6.45) is 2.17. The first-order valence-corrected chi connectivity index (χ1v) is 8.87. The molecule has 0 N–H and O–H groups in total. The molecule has 0 amide bonds. The van der Waals surface area contributed by atoms with Gasteiger partial charge in [0.15, 0.2) is 0 Å². The highest BCUT2D eigenvalue weighted by Gasteiger charge is 2.30. The third kappa shape index (κ3) is 7.59. The number of hydrogen-bond donors (Lipinski definition) is 0. The summed E-state index contributed by atoms with van der Waals surface area (Å²) < 4.78 is 38.0. The van der Waals surface area contributed by atoms with E-state index in [1.165, 1.54) is 0 Å². The number of rotatable bonds is 11. The summed E-state index contributed by atoms with van der Waals surface area (Å²) in [5, 5.41) is 0.